The van der Waals surface area contributed by atoms with Crippen molar-refractivity contribution in [3.63, 3.8) is 0 Å². The van der Waals surface area contributed by atoms with Crippen LogP contribution in [0.4, 0.5) is 0 Å². The molecule has 5 nitrogen and oxygen atoms in total. The van der Waals surface area contributed by atoms with Gasteiger partial charge in [-0.05, 0) is 20.8 Å². The first-order valence-corrected chi connectivity index (χ1v) is 5.03. The molecule has 0 aromatic heterocycles. The minimum absolute atomic E-state index is 0.352. The van der Waals surface area contributed by atoms with Crippen molar-refractivity contribution in [3.8, 4) is 0 Å². The van der Waals surface area contributed by atoms with Gasteiger partial charge in [-0.25, -0.2) is 0 Å². The maximum atomic E-state index is 11.5. The van der Waals surface area contributed by atoms with Crippen LogP contribution in [0.15, 0.2) is 12.0 Å². The van der Waals surface area contributed by atoms with Crippen LogP contribution < -0.4 is 5.32 Å². The van der Waals surface area contributed by atoms with Crippen LogP contribution in [-0.2, 0) is 14.3 Å². The maximum Gasteiger partial charge on any atom is 0.258 e. The Bertz CT molecular complexity index is 231. The van der Waals surface area contributed by atoms with E-state index >= 15 is 0 Å². The Kier molecular flexibility index (Phi) is 7.05. The first-order chi connectivity index (χ1) is 7.19. The molecule has 15 heavy (non-hydrogen) atoms. The molecule has 0 heterocycles. The van der Waals surface area contributed by atoms with Crippen molar-refractivity contribution in [2.24, 2.45) is 0 Å². The lowest BCUT2D eigenvalue weighted by Crippen LogP contribution is -2.29. The smallest absolute Gasteiger partial charge is 0.258 e. The Labute approximate surface area is 90.1 Å². The second kappa shape index (κ2) is 7.84. The highest BCUT2D eigenvalue weighted by atomic mass is 16.5. The number of hydrogen-bond acceptors (Lipinski definition) is 4. The molecule has 5 heteroatoms. The standard InChI is InChI=1S/C10H18N2O3/c1-4-11-9(15-6-3)7-10(14)12(5-2)8-13/h7-8,11H,4-6H2,1-3H3/b9-7+. The van der Waals surface area contributed by atoms with Crippen LogP contribution >= 0.6 is 0 Å². The largest absolute Gasteiger partial charge is 0.479 e. The van der Waals surface area contributed by atoms with Gasteiger partial charge in [0.1, 0.15) is 0 Å². The second-order valence-corrected chi connectivity index (χ2v) is 2.70. The Morgan fingerprint density at radius 1 is 1.40 bits per heavy atom. The molecular weight excluding hydrogens is 196 g/mol. The summed E-state index contributed by atoms with van der Waals surface area (Å²) in [6.45, 7) is 6.94. The molecule has 0 unspecified atom stereocenters. The van der Waals surface area contributed by atoms with E-state index < -0.39 is 0 Å². The highest BCUT2D eigenvalue weighted by Crippen LogP contribution is 1.95. The maximum absolute atomic E-state index is 11.5. The normalized spacial score (nSPS) is 10.7. The number of nitrogens with zero attached hydrogens (tertiary/aromatic N) is 1. The summed E-state index contributed by atoms with van der Waals surface area (Å²) in [5.74, 6) is 0.0159. The fourth-order valence-corrected chi connectivity index (χ4v) is 0.951. The number of amides is 2. The van der Waals surface area contributed by atoms with Gasteiger partial charge in [-0.1, -0.05) is 0 Å². The first kappa shape index (κ1) is 13.5. The van der Waals surface area contributed by atoms with E-state index in [0.29, 0.717) is 32.0 Å². The quantitative estimate of drug-likeness (QED) is 0.380. The van der Waals surface area contributed by atoms with Crippen molar-refractivity contribution < 1.29 is 14.3 Å². The van der Waals surface area contributed by atoms with E-state index in [0.717, 1.165) is 4.90 Å². The zero-order valence-electron chi connectivity index (χ0n) is 9.45. The van der Waals surface area contributed by atoms with Crippen molar-refractivity contribution in [3.05, 3.63) is 12.0 Å². The molecule has 0 bridgehead atoms. The third kappa shape index (κ3) is 5.05. The fraction of sp³-hybridized carbons (Fsp3) is 0.600. The lowest BCUT2D eigenvalue weighted by atomic mass is 10.4. The fourth-order valence-electron chi connectivity index (χ4n) is 0.951. The predicted molar refractivity (Wildman–Crippen MR) is 56.8 cm³/mol. The van der Waals surface area contributed by atoms with Crippen molar-refractivity contribution in [2.75, 3.05) is 19.7 Å². The van der Waals surface area contributed by atoms with Crippen LogP contribution in [0.1, 0.15) is 20.8 Å². The molecule has 0 saturated carbocycles. The van der Waals surface area contributed by atoms with Gasteiger partial charge in [-0.2, -0.15) is 0 Å². The van der Waals surface area contributed by atoms with Crippen molar-refractivity contribution in [2.45, 2.75) is 20.8 Å². The van der Waals surface area contributed by atoms with Crippen molar-refractivity contribution >= 4 is 12.3 Å². The SMILES string of the molecule is CCN/C(=C\C(=O)N(C=O)CC)OCC. The molecule has 0 saturated heterocycles. The van der Waals surface area contributed by atoms with Crippen molar-refractivity contribution in [1.29, 1.82) is 0 Å². The van der Waals surface area contributed by atoms with Gasteiger partial charge in [0.15, 0.2) is 5.88 Å². The summed E-state index contributed by atoms with van der Waals surface area (Å²) in [5.41, 5.74) is 0. The molecule has 0 aliphatic heterocycles. The highest BCUT2D eigenvalue weighted by molar-refractivity contribution is 5.94. The molecule has 86 valence electrons. The van der Waals surface area contributed by atoms with Crippen LogP contribution in [0.2, 0.25) is 0 Å². The molecule has 0 aromatic rings. The number of carbonyl (C=O) groups is 2. The molecule has 0 aliphatic carbocycles. The Balaban J connectivity index is 4.49. The Morgan fingerprint density at radius 2 is 2.07 bits per heavy atom. The molecule has 2 amide bonds. The van der Waals surface area contributed by atoms with Gasteiger partial charge in [0.25, 0.3) is 5.91 Å². The summed E-state index contributed by atoms with van der Waals surface area (Å²) < 4.78 is 5.18. The van der Waals surface area contributed by atoms with Gasteiger partial charge < -0.3 is 10.1 Å². The number of ether oxygens (including phenoxy) is 1. The summed E-state index contributed by atoms with van der Waals surface area (Å²) in [4.78, 5) is 23.0. The van der Waals surface area contributed by atoms with E-state index in [9.17, 15) is 9.59 Å². The lowest BCUT2D eigenvalue weighted by molar-refractivity contribution is -0.134. The molecule has 0 radical (unpaired) electrons. The summed E-state index contributed by atoms with van der Waals surface area (Å²) in [5, 5.41) is 2.89. The third-order valence-electron chi connectivity index (χ3n) is 1.66. The summed E-state index contributed by atoms with van der Waals surface area (Å²) in [6.07, 6.45) is 1.79. The van der Waals surface area contributed by atoms with Crippen LogP contribution in [0.25, 0.3) is 0 Å². The van der Waals surface area contributed by atoms with Gasteiger partial charge in [-0.3, -0.25) is 14.5 Å². The number of rotatable bonds is 7. The van der Waals surface area contributed by atoms with E-state index in [1.165, 1.54) is 6.08 Å². The van der Waals surface area contributed by atoms with Crippen molar-refractivity contribution in [1.82, 2.24) is 10.2 Å². The van der Waals surface area contributed by atoms with E-state index in [4.69, 9.17) is 4.74 Å². The van der Waals surface area contributed by atoms with Crippen LogP contribution in [-0.4, -0.2) is 36.9 Å². The second-order valence-electron chi connectivity index (χ2n) is 2.70. The first-order valence-electron chi connectivity index (χ1n) is 5.03. The van der Waals surface area contributed by atoms with Gasteiger partial charge in [-0.15, -0.1) is 0 Å². The van der Waals surface area contributed by atoms with Crippen LogP contribution in [0, 0.1) is 0 Å². The van der Waals surface area contributed by atoms with Gasteiger partial charge in [0, 0.05) is 13.1 Å². The predicted octanol–water partition coefficient (Wildman–Crippen LogP) is 0.479. The summed E-state index contributed by atoms with van der Waals surface area (Å²) >= 11 is 0. The number of hydrogen-bond donors (Lipinski definition) is 1. The highest BCUT2D eigenvalue weighted by Gasteiger charge is 2.09. The monoisotopic (exact) mass is 214 g/mol. The molecule has 0 atom stereocenters. The molecule has 1 N–H and O–H groups in total. The van der Waals surface area contributed by atoms with Gasteiger partial charge >= 0.3 is 0 Å². The number of nitrogens with one attached hydrogen (secondary N) is 1. The third-order valence-corrected chi connectivity index (χ3v) is 1.66. The molecule has 0 spiro atoms. The average Bonchev–Trinajstić information content (AvgIpc) is 2.20. The molecule has 0 aromatic carbocycles. The van der Waals surface area contributed by atoms with E-state index in [2.05, 4.69) is 5.32 Å². The molecule has 0 rings (SSSR count). The molecule has 0 aliphatic rings. The minimum Gasteiger partial charge on any atom is -0.479 e. The number of imide groups is 1. The molecular formula is C10H18N2O3. The van der Waals surface area contributed by atoms with Gasteiger partial charge in [0.2, 0.25) is 6.41 Å². The molecule has 0 fully saturated rings. The zero-order valence-corrected chi connectivity index (χ0v) is 9.45. The summed E-state index contributed by atoms with van der Waals surface area (Å²) in [6, 6.07) is 0. The van der Waals surface area contributed by atoms with Gasteiger partial charge in [0.05, 0.1) is 12.7 Å². The van der Waals surface area contributed by atoms with E-state index in [1.54, 1.807) is 6.92 Å². The Morgan fingerprint density at radius 3 is 2.47 bits per heavy atom. The summed E-state index contributed by atoms with van der Waals surface area (Å²) in [7, 11) is 0. The average molecular weight is 214 g/mol. The Hall–Kier alpha value is -1.52. The van der Waals surface area contributed by atoms with E-state index in [1.807, 2.05) is 13.8 Å². The zero-order chi connectivity index (χ0) is 11.7. The van der Waals surface area contributed by atoms with Crippen LogP contribution in [0.5, 0.6) is 0 Å². The van der Waals surface area contributed by atoms with Crippen LogP contribution in [0.3, 0.4) is 0 Å². The topological polar surface area (TPSA) is 58.6 Å². The lowest BCUT2D eigenvalue weighted by Gasteiger charge is -2.13. The number of likely N-dealkylation sites (N-methyl/N-ethyl adjacent to an activating group) is 1. The van der Waals surface area contributed by atoms with E-state index in [-0.39, 0.29) is 5.91 Å². The minimum atomic E-state index is -0.378. The number of carbonyl (C=O) groups excluding carboxylic acids is 2.